The Bertz CT molecular complexity index is 337. The minimum atomic E-state index is -1.21. The van der Waals surface area contributed by atoms with Crippen LogP contribution in [0.2, 0.25) is 0 Å². The van der Waals surface area contributed by atoms with Crippen LogP contribution in [0.3, 0.4) is 0 Å². The molecule has 0 spiro atoms. The van der Waals surface area contributed by atoms with Gasteiger partial charge >= 0.3 is 0 Å². The number of rotatable bonds is 10. The van der Waals surface area contributed by atoms with Crippen molar-refractivity contribution in [2.75, 3.05) is 39.6 Å². The third-order valence-electron chi connectivity index (χ3n) is 4.65. The Balaban J connectivity index is -0.000000368. The Labute approximate surface area is 174 Å². The van der Waals surface area contributed by atoms with Crippen molar-refractivity contribution in [1.29, 1.82) is 0 Å². The zero-order chi connectivity index (χ0) is 23.9. The molecule has 0 radical (unpaired) electrons. The Kier molecular flexibility index (Phi) is 18.7. The maximum absolute atomic E-state index is 9.74. The average Bonchev–Trinajstić information content (AvgIpc) is 2.71. The predicted octanol–water partition coefficient (Wildman–Crippen LogP) is -2.49. The van der Waals surface area contributed by atoms with Crippen LogP contribution in [0.4, 0.5) is 0 Å². The molecule has 10 heteroatoms. The summed E-state index contributed by atoms with van der Waals surface area (Å²) in [6, 6.07) is 0. The Morgan fingerprint density at radius 1 is 0.690 bits per heavy atom. The second kappa shape index (κ2) is 16.3. The molecular formula is C19H46N2O8. The van der Waals surface area contributed by atoms with Crippen molar-refractivity contribution in [3.8, 4) is 0 Å². The van der Waals surface area contributed by atoms with Crippen molar-refractivity contribution in [3.63, 3.8) is 0 Å². The smallest absolute Gasteiger partial charge is 0.0856 e. The Hall–Kier alpha value is -0.400. The van der Waals surface area contributed by atoms with Crippen LogP contribution in [-0.4, -0.2) is 104 Å². The highest BCUT2D eigenvalue weighted by atomic mass is 16.3. The largest absolute Gasteiger partial charge is 0.394 e. The summed E-state index contributed by atoms with van der Waals surface area (Å²) < 4.78 is 0. The molecule has 0 saturated heterocycles. The molecule has 180 valence electrons. The van der Waals surface area contributed by atoms with Crippen LogP contribution in [0.1, 0.15) is 47.5 Å². The number of aliphatic hydroxyl groups excluding tert-OH is 8. The quantitative estimate of drug-likeness (QED) is 0.176. The summed E-state index contributed by atoms with van der Waals surface area (Å²) in [6.07, 6.45) is 0.645. The standard InChI is InChI=1S/C11H24O2.2C4H11NO3/c1-6-8(2)9(12)7-10(13)11(3,4)5;2*5-4(1-6,2-7)3-8/h8-10,12-13H,6-7H2,1-5H3;2*6-8H,1-3,5H2. The van der Waals surface area contributed by atoms with Crippen molar-refractivity contribution in [2.24, 2.45) is 22.8 Å². The second-order valence-electron chi connectivity index (χ2n) is 8.74. The molecule has 0 fully saturated rings. The molecule has 10 nitrogen and oxygen atoms in total. The van der Waals surface area contributed by atoms with Crippen molar-refractivity contribution in [2.45, 2.75) is 70.7 Å². The predicted molar refractivity (Wildman–Crippen MR) is 112 cm³/mol. The first-order valence-electron chi connectivity index (χ1n) is 9.74. The third kappa shape index (κ3) is 16.0. The summed E-state index contributed by atoms with van der Waals surface area (Å²) in [5, 5.41) is 69.5. The lowest BCUT2D eigenvalue weighted by Crippen LogP contribution is -2.50. The molecule has 0 bridgehead atoms. The zero-order valence-electron chi connectivity index (χ0n) is 18.6. The fraction of sp³-hybridized carbons (Fsp3) is 1.00. The fourth-order valence-electron chi connectivity index (χ4n) is 1.39. The van der Waals surface area contributed by atoms with E-state index in [4.69, 9.17) is 42.1 Å². The van der Waals surface area contributed by atoms with Gasteiger partial charge in [-0.15, -0.1) is 0 Å². The minimum absolute atomic E-state index is 0.131. The lowest BCUT2D eigenvalue weighted by atomic mass is 9.83. The van der Waals surface area contributed by atoms with Crippen molar-refractivity contribution >= 4 is 0 Å². The molecule has 0 aliphatic carbocycles. The Morgan fingerprint density at radius 2 is 0.966 bits per heavy atom. The molecule has 0 aliphatic rings. The van der Waals surface area contributed by atoms with Crippen molar-refractivity contribution in [3.05, 3.63) is 0 Å². The maximum atomic E-state index is 9.74. The van der Waals surface area contributed by atoms with E-state index in [0.717, 1.165) is 6.42 Å². The van der Waals surface area contributed by atoms with E-state index in [1.165, 1.54) is 0 Å². The van der Waals surface area contributed by atoms with E-state index >= 15 is 0 Å². The van der Waals surface area contributed by atoms with E-state index in [2.05, 4.69) is 6.92 Å². The summed E-state index contributed by atoms with van der Waals surface area (Å²) in [5.74, 6) is 0.275. The molecule has 12 N–H and O–H groups in total. The van der Waals surface area contributed by atoms with Gasteiger partial charge in [0.25, 0.3) is 0 Å². The first-order valence-corrected chi connectivity index (χ1v) is 9.74. The summed E-state index contributed by atoms with van der Waals surface area (Å²) in [6.45, 7) is 7.61. The van der Waals surface area contributed by atoms with Crippen LogP contribution in [0.15, 0.2) is 0 Å². The highest BCUT2D eigenvalue weighted by molar-refractivity contribution is 4.81. The van der Waals surface area contributed by atoms with Crippen LogP contribution in [-0.2, 0) is 0 Å². The molecule has 0 aromatic carbocycles. The molecule has 0 aromatic heterocycles. The van der Waals surface area contributed by atoms with Gasteiger partial charge in [0.05, 0.1) is 62.9 Å². The van der Waals surface area contributed by atoms with E-state index < -0.39 is 56.8 Å². The van der Waals surface area contributed by atoms with E-state index in [0.29, 0.717) is 6.42 Å². The van der Waals surface area contributed by atoms with E-state index in [1.54, 1.807) is 0 Å². The minimum Gasteiger partial charge on any atom is -0.394 e. The molecule has 0 amide bonds. The molecule has 0 saturated carbocycles. The number of hydrogen-bond donors (Lipinski definition) is 10. The number of aliphatic hydroxyl groups is 8. The van der Waals surface area contributed by atoms with E-state index in [-0.39, 0.29) is 17.4 Å². The zero-order valence-corrected chi connectivity index (χ0v) is 18.6. The normalized spacial score (nSPS) is 15.4. The number of hydrogen-bond acceptors (Lipinski definition) is 10. The summed E-state index contributed by atoms with van der Waals surface area (Å²) in [4.78, 5) is 0. The molecule has 0 aromatic rings. The molecule has 0 heterocycles. The number of nitrogens with two attached hydrogens (primary N) is 2. The van der Waals surface area contributed by atoms with E-state index in [9.17, 15) is 10.2 Å². The van der Waals surface area contributed by atoms with Crippen LogP contribution in [0.25, 0.3) is 0 Å². The molecule has 3 atom stereocenters. The van der Waals surface area contributed by atoms with E-state index in [1.807, 2.05) is 27.7 Å². The maximum Gasteiger partial charge on any atom is 0.0856 e. The van der Waals surface area contributed by atoms with Crippen LogP contribution < -0.4 is 11.5 Å². The van der Waals surface area contributed by atoms with Gasteiger partial charge in [0.2, 0.25) is 0 Å². The molecule has 29 heavy (non-hydrogen) atoms. The van der Waals surface area contributed by atoms with Gasteiger partial charge in [0, 0.05) is 0 Å². The monoisotopic (exact) mass is 430 g/mol. The summed E-state index contributed by atoms with van der Waals surface area (Å²) in [7, 11) is 0. The molecule has 0 rings (SSSR count). The van der Waals surface area contributed by atoms with Crippen molar-refractivity contribution < 1.29 is 40.9 Å². The molecule has 0 aliphatic heterocycles. The van der Waals surface area contributed by atoms with Crippen molar-refractivity contribution in [1.82, 2.24) is 0 Å². The van der Waals surface area contributed by atoms with Gasteiger partial charge in [0.1, 0.15) is 0 Å². The SMILES string of the molecule is CCC(C)C(O)CC(O)C(C)(C)C.NC(CO)(CO)CO.NC(CO)(CO)CO. The summed E-state index contributed by atoms with van der Waals surface area (Å²) in [5.41, 5.74) is 7.74. The molecular weight excluding hydrogens is 384 g/mol. The topological polar surface area (TPSA) is 214 Å². The highest BCUT2D eigenvalue weighted by Gasteiger charge is 2.26. The second-order valence-corrected chi connectivity index (χ2v) is 8.74. The summed E-state index contributed by atoms with van der Waals surface area (Å²) >= 11 is 0. The van der Waals surface area contributed by atoms with Gasteiger partial charge in [-0.2, -0.15) is 0 Å². The highest BCUT2D eigenvalue weighted by Crippen LogP contribution is 2.25. The average molecular weight is 431 g/mol. The van der Waals surface area contributed by atoms with Gasteiger partial charge in [0.15, 0.2) is 0 Å². The van der Waals surface area contributed by atoms with Crippen LogP contribution in [0.5, 0.6) is 0 Å². The first-order chi connectivity index (χ1) is 13.1. The van der Waals surface area contributed by atoms with Gasteiger partial charge < -0.3 is 52.3 Å². The first kappa shape index (κ1) is 33.2. The van der Waals surface area contributed by atoms with Gasteiger partial charge in [-0.05, 0) is 17.8 Å². The van der Waals surface area contributed by atoms with Gasteiger partial charge in [-0.25, -0.2) is 0 Å². The van der Waals surface area contributed by atoms with Crippen LogP contribution in [0, 0.1) is 11.3 Å². The van der Waals surface area contributed by atoms with Gasteiger partial charge in [-0.3, -0.25) is 0 Å². The van der Waals surface area contributed by atoms with Crippen LogP contribution >= 0.6 is 0 Å². The lowest BCUT2D eigenvalue weighted by Gasteiger charge is -2.29. The molecule has 3 unspecified atom stereocenters. The Morgan fingerprint density at radius 3 is 1.10 bits per heavy atom. The van der Waals surface area contributed by atoms with Gasteiger partial charge in [-0.1, -0.05) is 41.0 Å². The fourth-order valence-corrected chi connectivity index (χ4v) is 1.39. The third-order valence-corrected chi connectivity index (χ3v) is 4.65. The lowest BCUT2D eigenvalue weighted by molar-refractivity contribution is -0.00355.